The molecule has 8 heteroatoms. The summed E-state index contributed by atoms with van der Waals surface area (Å²) in [6.45, 7) is 4.32. The van der Waals surface area contributed by atoms with E-state index in [1.54, 1.807) is 31.9 Å². The number of methoxy groups -OCH3 is 1. The fourth-order valence-electron chi connectivity index (χ4n) is 3.26. The zero-order valence-electron chi connectivity index (χ0n) is 17.8. The summed E-state index contributed by atoms with van der Waals surface area (Å²) in [7, 11) is 1.57. The van der Waals surface area contributed by atoms with Crippen LogP contribution in [0, 0.1) is 0 Å². The summed E-state index contributed by atoms with van der Waals surface area (Å²) in [6, 6.07) is 9.29. The predicted octanol–water partition coefficient (Wildman–Crippen LogP) is 6.19. The Labute approximate surface area is 190 Å². The van der Waals surface area contributed by atoms with Gasteiger partial charge in [0.15, 0.2) is 5.58 Å². The van der Waals surface area contributed by atoms with Crippen LogP contribution in [0.3, 0.4) is 0 Å². The fraction of sp³-hybridized carbons (Fsp3) is 0.391. The SMILES string of the molecule is CCCc1c(OCCCSc2ccc(C(C)C(=O)O)cc2Cl)ccc2c(OC)noc12. The molecule has 0 spiro atoms. The highest BCUT2D eigenvalue weighted by atomic mass is 35.5. The molecule has 1 N–H and O–H groups in total. The van der Waals surface area contributed by atoms with E-state index in [4.69, 9.17) is 30.7 Å². The minimum Gasteiger partial charge on any atom is -0.493 e. The third-order valence-corrected chi connectivity index (χ3v) is 6.58. The predicted molar refractivity (Wildman–Crippen MR) is 123 cm³/mol. The summed E-state index contributed by atoms with van der Waals surface area (Å²) >= 11 is 7.97. The second-order valence-electron chi connectivity index (χ2n) is 7.16. The van der Waals surface area contributed by atoms with Crippen molar-refractivity contribution in [3.63, 3.8) is 0 Å². The molecular formula is C23H26ClNO5S. The summed E-state index contributed by atoms with van der Waals surface area (Å²) in [4.78, 5) is 12.1. The molecule has 0 saturated carbocycles. The molecule has 2 aromatic carbocycles. The standard InChI is InChI=1S/C23H26ClNO5S/c1-4-6-16-19(9-8-17-21(16)30-25-22(17)28-3)29-11-5-12-31-20-10-7-15(13-18(20)24)14(2)23(26)27/h7-10,13-14H,4-6,11-12H2,1-3H3,(H,26,27). The zero-order valence-corrected chi connectivity index (χ0v) is 19.4. The van der Waals surface area contributed by atoms with Crippen LogP contribution < -0.4 is 9.47 Å². The molecule has 31 heavy (non-hydrogen) atoms. The number of fused-ring (bicyclic) bond motifs is 1. The molecule has 0 radical (unpaired) electrons. The van der Waals surface area contributed by atoms with Gasteiger partial charge in [-0.05, 0) is 54.8 Å². The molecule has 1 aromatic heterocycles. The van der Waals surface area contributed by atoms with Crippen molar-refractivity contribution in [2.75, 3.05) is 19.5 Å². The molecule has 3 aromatic rings. The smallest absolute Gasteiger partial charge is 0.310 e. The Morgan fingerprint density at radius 1 is 1.32 bits per heavy atom. The molecule has 0 fully saturated rings. The highest BCUT2D eigenvalue weighted by Gasteiger charge is 2.17. The van der Waals surface area contributed by atoms with Crippen molar-refractivity contribution in [3.8, 4) is 11.6 Å². The summed E-state index contributed by atoms with van der Waals surface area (Å²) < 4.78 is 16.8. The summed E-state index contributed by atoms with van der Waals surface area (Å²) in [5.74, 6) is 0.677. The van der Waals surface area contributed by atoms with Gasteiger partial charge in [-0.3, -0.25) is 4.79 Å². The molecule has 1 heterocycles. The first-order valence-corrected chi connectivity index (χ1v) is 11.6. The number of nitrogens with zero attached hydrogens (tertiary/aromatic N) is 1. The van der Waals surface area contributed by atoms with E-state index in [1.807, 2.05) is 24.3 Å². The number of aryl methyl sites for hydroxylation is 1. The number of hydrogen-bond acceptors (Lipinski definition) is 6. The molecule has 6 nitrogen and oxygen atoms in total. The number of halogens is 1. The van der Waals surface area contributed by atoms with Crippen LogP contribution in [0.15, 0.2) is 39.8 Å². The Balaban J connectivity index is 1.57. The van der Waals surface area contributed by atoms with E-state index in [0.717, 1.165) is 46.6 Å². The molecule has 1 atom stereocenters. The number of aromatic nitrogens is 1. The number of carbonyl (C=O) groups is 1. The van der Waals surface area contributed by atoms with Gasteiger partial charge in [0, 0.05) is 16.2 Å². The lowest BCUT2D eigenvalue weighted by molar-refractivity contribution is -0.138. The lowest BCUT2D eigenvalue weighted by Gasteiger charge is -2.12. The van der Waals surface area contributed by atoms with Crippen LogP contribution in [0.1, 0.15) is 43.7 Å². The molecule has 0 saturated heterocycles. The van der Waals surface area contributed by atoms with Crippen molar-refractivity contribution in [3.05, 3.63) is 46.5 Å². The van der Waals surface area contributed by atoms with Gasteiger partial charge >= 0.3 is 5.97 Å². The van der Waals surface area contributed by atoms with Crippen LogP contribution in [0.2, 0.25) is 5.02 Å². The van der Waals surface area contributed by atoms with Gasteiger partial charge in [0.2, 0.25) is 0 Å². The number of carboxylic acid groups (broad SMARTS) is 1. The van der Waals surface area contributed by atoms with Gasteiger partial charge in [-0.2, -0.15) is 0 Å². The third-order valence-electron chi connectivity index (χ3n) is 4.99. The van der Waals surface area contributed by atoms with Gasteiger partial charge < -0.3 is 19.1 Å². The molecule has 0 aliphatic rings. The van der Waals surface area contributed by atoms with E-state index < -0.39 is 11.9 Å². The second-order valence-corrected chi connectivity index (χ2v) is 8.70. The number of rotatable bonds is 11. The molecular weight excluding hydrogens is 438 g/mol. The minimum atomic E-state index is -0.863. The number of aliphatic carboxylic acids is 1. The quantitative estimate of drug-likeness (QED) is 0.268. The van der Waals surface area contributed by atoms with E-state index in [-0.39, 0.29) is 0 Å². The zero-order chi connectivity index (χ0) is 22.4. The van der Waals surface area contributed by atoms with Crippen LogP contribution in [-0.2, 0) is 11.2 Å². The largest absolute Gasteiger partial charge is 0.493 e. The van der Waals surface area contributed by atoms with Crippen LogP contribution in [0.25, 0.3) is 11.0 Å². The molecule has 0 bridgehead atoms. The number of thioether (sulfide) groups is 1. The molecule has 0 aliphatic carbocycles. The van der Waals surface area contributed by atoms with Crippen molar-refractivity contribution in [2.24, 2.45) is 0 Å². The van der Waals surface area contributed by atoms with E-state index in [1.165, 1.54) is 0 Å². The van der Waals surface area contributed by atoms with Gasteiger partial charge in [-0.1, -0.05) is 31.0 Å². The van der Waals surface area contributed by atoms with Gasteiger partial charge in [-0.25, -0.2) is 0 Å². The maximum atomic E-state index is 11.1. The summed E-state index contributed by atoms with van der Waals surface area (Å²) in [5, 5.41) is 14.5. The Hall–Kier alpha value is -2.38. The van der Waals surface area contributed by atoms with Crippen LogP contribution in [0.4, 0.5) is 0 Å². The number of ether oxygens (including phenoxy) is 2. The highest BCUT2D eigenvalue weighted by Crippen LogP contribution is 2.34. The first kappa shape index (κ1) is 23.3. The molecule has 166 valence electrons. The average Bonchev–Trinajstić information content (AvgIpc) is 3.18. The Kier molecular flexibility index (Phi) is 8.09. The van der Waals surface area contributed by atoms with Gasteiger partial charge in [0.1, 0.15) is 5.75 Å². The summed E-state index contributed by atoms with van der Waals surface area (Å²) in [6.07, 6.45) is 2.62. The lowest BCUT2D eigenvalue weighted by atomic mass is 10.0. The number of hydrogen-bond donors (Lipinski definition) is 1. The van der Waals surface area contributed by atoms with Crippen molar-refractivity contribution in [2.45, 2.75) is 43.9 Å². The monoisotopic (exact) mass is 463 g/mol. The molecule has 3 rings (SSSR count). The van der Waals surface area contributed by atoms with E-state index >= 15 is 0 Å². The number of benzene rings is 2. The van der Waals surface area contributed by atoms with Gasteiger partial charge in [0.05, 0.1) is 30.0 Å². The van der Waals surface area contributed by atoms with Crippen LogP contribution in [0.5, 0.6) is 11.6 Å². The first-order chi connectivity index (χ1) is 15.0. The summed E-state index contributed by atoms with van der Waals surface area (Å²) in [5.41, 5.74) is 2.43. The topological polar surface area (TPSA) is 81.8 Å². The Morgan fingerprint density at radius 2 is 2.13 bits per heavy atom. The highest BCUT2D eigenvalue weighted by molar-refractivity contribution is 7.99. The number of carboxylic acids is 1. The van der Waals surface area contributed by atoms with Gasteiger partial charge in [0.25, 0.3) is 5.88 Å². The third kappa shape index (κ3) is 5.46. The maximum absolute atomic E-state index is 11.1. The maximum Gasteiger partial charge on any atom is 0.310 e. The van der Waals surface area contributed by atoms with Crippen LogP contribution in [-0.4, -0.2) is 35.7 Å². The van der Waals surface area contributed by atoms with Crippen molar-refractivity contribution in [1.29, 1.82) is 0 Å². The van der Waals surface area contributed by atoms with E-state index in [0.29, 0.717) is 28.7 Å². The minimum absolute atomic E-state index is 0.482. The molecule has 0 amide bonds. The lowest BCUT2D eigenvalue weighted by Crippen LogP contribution is -2.07. The normalized spacial score (nSPS) is 12.1. The van der Waals surface area contributed by atoms with Gasteiger partial charge in [-0.15, -0.1) is 11.8 Å². The van der Waals surface area contributed by atoms with E-state index in [2.05, 4.69) is 12.1 Å². The Bertz CT molecular complexity index is 1050. The average molecular weight is 464 g/mol. The second kappa shape index (κ2) is 10.8. The first-order valence-electron chi connectivity index (χ1n) is 10.2. The molecule has 0 aliphatic heterocycles. The molecule has 1 unspecified atom stereocenters. The van der Waals surface area contributed by atoms with E-state index in [9.17, 15) is 4.79 Å². The Morgan fingerprint density at radius 3 is 2.81 bits per heavy atom. The van der Waals surface area contributed by atoms with Crippen LogP contribution >= 0.6 is 23.4 Å². The fourth-order valence-corrected chi connectivity index (χ4v) is 4.45. The van der Waals surface area contributed by atoms with Crippen molar-refractivity contribution >= 4 is 40.3 Å². The van der Waals surface area contributed by atoms with Crippen molar-refractivity contribution in [1.82, 2.24) is 5.16 Å². The van der Waals surface area contributed by atoms with Crippen molar-refractivity contribution < 1.29 is 23.9 Å².